The maximum absolute atomic E-state index is 14.3. The molecule has 10 heteroatoms. The Morgan fingerprint density at radius 2 is 1.70 bits per heavy atom. The quantitative estimate of drug-likeness (QED) is 0.174. The van der Waals surface area contributed by atoms with Crippen molar-refractivity contribution in [2.45, 2.75) is 77.9 Å². The van der Waals surface area contributed by atoms with E-state index in [0.29, 0.717) is 42.6 Å². The minimum atomic E-state index is -0.813. The Morgan fingerprint density at radius 1 is 1.07 bits per heavy atom. The molecule has 2 N–H and O–H groups in total. The number of amides is 2. The van der Waals surface area contributed by atoms with Crippen molar-refractivity contribution in [3.8, 4) is 0 Å². The molecule has 1 heterocycles. The Labute approximate surface area is 252 Å². The van der Waals surface area contributed by atoms with Crippen LogP contribution in [0.5, 0.6) is 0 Å². The summed E-state index contributed by atoms with van der Waals surface area (Å²) in [5.74, 6) is -0.827. The van der Waals surface area contributed by atoms with Crippen molar-refractivity contribution in [3.63, 3.8) is 0 Å². The van der Waals surface area contributed by atoms with Crippen LogP contribution in [0.4, 0.5) is 8.78 Å². The molecular weight excluding hydrogens is 550 g/mol. The number of hydrogen-bond acceptors (Lipinski definition) is 5. The highest BCUT2D eigenvalue weighted by Gasteiger charge is 2.52. The molecule has 0 unspecified atom stereocenters. The summed E-state index contributed by atoms with van der Waals surface area (Å²) in [7, 11) is 1.46. The number of amidine groups is 1. The number of nitrogens with zero attached hydrogens (tertiary/aromatic N) is 4. The molecule has 1 saturated carbocycles. The van der Waals surface area contributed by atoms with Crippen molar-refractivity contribution in [2.75, 3.05) is 13.6 Å². The first-order chi connectivity index (χ1) is 20.4. The van der Waals surface area contributed by atoms with Gasteiger partial charge in [0.2, 0.25) is 0 Å². The van der Waals surface area contributed by atoms with Crippen molar-refractivity contribution in [2.24, 2.45) is 33.0 Å². The smallest absolute Gasteiger partial charge is 0.275 e. The van der Waals surface area contributed by atoms with Crippen LogP contribution in [0.1, 0.15) is 93.7 Å². The summed E-state index contributed by atoms with van der Waals surface area (Å²) in [5.41, 5.74) is 0.716. The van der Waals surface area contributed by atoms with E-state index in [4.69, 9.17) is 10.4 Å². The fraction of sp³-hybridized carbons (Fsp3) is 0.515. The zero-order chi connectivity index (χ0) is 31.3. The lowest BCUT2D eigenvalue weighted by atomic mass is 9.75. The van der Waals surface area contributed by atoms with Gasteiger partial charge in [0.15, 0.2) is 5.84 Å². The maximum Gasteiger partial charge on any atom is 0.275 e. The summed E-state index contributed by atoms with van der Waals surface area (Å²) in [6.07, 6.45) is 4.66. The summed E-state index contributed by atoms with van der Waals surface area (Å²) < 4.78 is 28.6. The van der Waals surface area contributed by atoms with Gasteiger partial charge >= 0.3 is 0 Å². The van der Waals surface area contributed by atoms with Crippen molar-refractivity contribution in [1.29, 1.82) is 5.41 Å². The maximum atomic E-state index is 14.3. The first kappa shape index (κ1) is 32.1. The lowest BCUT2D eigenvalue weighted by molar-refractivity contribution is -0.133. The minimum absolute atomic E-state index is 0.0438. The number of hydrogen-bond donors (Lipinski definition) is 2. The Morgan fingerprint density at radius 3 is 2.26 bits per heavy atom. The van der Waals surface area contributed by atoms with Crippen LogP contribution >= 0.6 is 0 Å². The number of nitrogens with one attached hydrogen (secondary N) is 2. The zero-order valence-electron chi connectivity index (χ0n) is 25.7. The second-order valence-electron chi connectivity index (χ2n) is 12.4. The zero-order valence-corrected chi connectivity index (χ0v) is 25.7. The molecule has 2 aromatic rings. The van der Waals surface area contributed by atoms with Crippen molar-refractivity contribution < 1.29 is 18.4 Å². The summed E-state index contributed by atoms with van der Waals surface area (Å²) >= 11 is 0. The van der Waals surface area contributed by atoms with Crippen LogP contribution < -0.4 is 5.32 Å². The SMILES string of the molecule is CN=NC(=N)CNC(=O)c1ccc([C@@H](CCC(C)C)N2C(=O)C(c3cc(F)cc(F)c3)=NC23CCC(C(C)C)CC3)cc1. The number of azo groups is 1. The Bertz CT molecular complexity index is 1370. The average Bonchev–Trinajstić information content (AvgIpc) is 3.23. The van der Waals surface area contributed by atoms with Crippen LogP contribution in [0.2, 0.25) is 0 Å². The van der Waals surface area contributed by atoms with Gasteiger partial charge in [-0.2, -0.15) is 5.11 Å². The molecular formula is C33H42F2N6O2. The molecule has 4 rings (SSSR count). The molecule has 1 aliphatic carbocycles. The van der Waals surface area contributed by atoms with E-state index < -0.39 is 17.3 Å². The third-order valence-electron chi connectivity index (χ3n) is 8.62. The third-order valence-corrected chi connectivity index (χ3v) is 8.62. The van der Waals surface area contributed by atoms with Gasteiger partial charge < -0.3 is 10.2 Å². The van der Waals surface area contributed by atoms with E-state index in [1.807, 2.05) is 17.0 Å². The second-order valence-corrected chi connectivity index (χ2v) is 12.4. The molecule has 2 amide bonds. The van der Waals surface area contributed by atoms with Gasteiger partial charge in [-0.15, -0.1) is 5.11 Å². The number of rotatable bonds is 10. The number of benzene rings is 2. The first-order valence-electron chi connectivity index (χ1n) is 15.1. The molecule has 0 aromatic heterocycles. The number of halogens is 2. The van der Waals surface area contributed by atoms with Gasteiger partial charge in [-0.25, -0.2) is 8.78 Å². The second kappa shape index (κ2) is 13.7. The van der Waals surface area contributed by atoms with Gasteiger partial charge in [-0.3, -0.25) is 20.0 Å². The average molecular weight is 593 g/mol. The fourth-order valence-corrected chi connectivity index (χ4v) is 6.26. The highest BCUT2D eigenvalue weighted by Crippen LogP contribution is 2.48. The van der Waals surface area contributed by atoms with E-state index in [9.17, 15) is 18.4 Å². The largest absolute Gasteiger partial charge is 0.345 e. The minimum Gasteiger partial charge on any atom is -0.345 e. The molecule has 0 bridgehead atoms. The Hall–Kier alpha value is -3.82. The van der Waals surface area contributed by atoms with Gasteiger partial charge in [0, 0.05) is 24.2 Å². The summed E-state index contributed by atoms with van der Waals surface area (Å²) in [4.78, 5) is 33.9. The van der Waals surface area contributed by atoms with E-state index in [1.165, 1.54) is 19.2 Å². The van der Waals surface area contributed by atoms with Gasteiger partial charge in [-0.1, -0.05) is 39.8 Å². The summed E-state index contributed by atoms with van der Waals surface area (Å²) in [6, 6.07) is 9.94. The van der Waals surface area contributed by atoms with E-state index in [-0.39, 0.29) is 41.5 Å². The van der Waals surface area contributed by atoms with E-state index in [2.05, 4.69) is 43.2 Å². The molecule has 0 saturated heterocycles. The predicted octanol–water partition coefficient (Wildman–Crippen LogP) is 7.11. The molecule has 2 aromatic carbocycles. The lowest BCUT2D eigenvalue weighted by Gasteiger charge is -2.46. The number of carbonyl (C=O) groups excluding carboxylic acids is 2. The van der Waals surface area contributed by atoms with Crippen LogP contribution in [0.15, 0.2) is 57.7 Å². The lowest BCUT2D eigenvalue weighted by Crippen LogP contribution is -2.51. The standard InChI is InChI=1S/C33H42F2N6O2/c1-20(2)6-11-28(23-7-9-24(10-8-23)31(42)38-19-29(36)40-37-5)41-32(43)30(25-16-26(34)18-27(35)17-25)39-33(41)14-12-22(13-15-33)21(3)4/h7-10,16-18,20-22,28,36H,6,11-15,19H2,1-5H3,(H,38,42)/t22?,28-,33?/m1/s1. The highest BCUT2D eigenvalue weighted by atomic mass is 19.1. The van der Waals surface area contributed by atoms with Gasteiger partial charge in [-0.05, 0) is 86.1 Å². The molecule has 1 aliphatic heterocycles. The third kappa shape index (κ3) is 7.40. The predicted molar refractivity (Wildman–Crippen MR) is 163 cm³/mol. The molecule has 1 atom stereocenters. The molecule has 1 fully saturated rings. The van der Waals surface area contributed by atoms with Crippen molar-refractivity contribution in [1.82, 2.24) is 10.2 Å². The van der Waals surface area contributed by atoms with Crippen LogP contribution in [-0.4, -0.2) is 47.5 Å². The Kier molecular flexibility index (Phi) is 10.2. The van der Waals surface area contributed by atoms with Crippen LogP contribution in [0.3, 0.4) is 0 Å². The Balaban J connectivity index is 1.71. The van der Waals surface area contributed by atoms with Gasteiger partial charge in [0.25, 0.3) is 11.8 Å². The first-order valence-corrected chi connectivity index (χ1v) is 15.1. The number of carbonyl (C=O) groups is 2. The summed E-state index contributed by atoms with van der Waals surface area (Å²) in [5, 5.41) is 17.5. The highest BCUT2D eigenvalue weighted by molar-refractivity contribution is 6.46. The molecule has 2 aliphatic rings. The normalized spacial score (nSPS) is 21.2. The van der Waals surface area contributed by atoms with Crippen LogP contribution in [-0.2, 0) is 4.79 Å². The molecule has 43 heavy (non-hydrogen) atoms. The van der Waals surface area contributed by atoms with Crippen LogP contribution in [0, 0.1) is 34.8 Å². The molecule has 230 valence electrons. The molecule has 1 spiro atoms. The van der Waals surface area contributed by atoms with E-state index >= 15 is 0 Å². The molecule has 0 radical (unpaired) electrons. The van der Waals surface area contributed by atoms with E-state index in [1.54, 1.807) is 12.1 Å². The number of aliphatic imine (C=N–C) groups is 1. The van der Waals surface area contributed by atoms with Crippen molar-refractivity contribution in [3.05, 3.63) is 70.8 Å². The molecule has 8 nitrogen and oxygen atoms in total. The topological polar surface area (TPSA) is 110 Å². The van der Waals surface area contributed by atoms with Gasteiger partial charge in [0.1, 0.15) is 23.0 Å². The van der Waals surface area contributed by atoms with E-state index in [0.717, 1.165) is 30.9 Å². The summed E-state index contributed by atoms with van der Waals surface area (Å²) in [6.45, 7) is 8.65. The monoisotopic (exact) mass is 592 g/mol. The fourth-order valence-electron chi connectivity index (χ4n) is 6.26. The van der Waals surface area contributed by atoms with Gasteiger partial charge in [0.05, 0.1) is 12.6 Å². The van der Waals surface area contributed by atoms with Crippen molar-refractivity contribution >= 4 is 23.4 Å². The van der Waals surface area contributed by atoms with Crippen LogP contribution in [0.25, 0.3) is 0 Å².